The van der Waals surface area contributed by atoms with E-state index in [9.17, 15) is 9.59 Å². The molecule has 2 aromatic carbocycles. The number of thioether (sulfide) groups is 1. The number of benzene rings is 2. The van der Waals surface area contributed by atoms with E-state index in [0.29, 0.717) is 11.0 Å². The minimum atomic E-state index is -0.358. The van der Waals surface area contributed by atoms with Crippen LogP contribution in [0, 0.1) is 0 Å². The molecule has 0 amide bonds. The maximum absolute atomic E-state index is 13.0. The van der Waals surface area contributed by atoms with Crippen molar-refractivity contribution in [3.05, 3.63) is 80.6 Å². The Morgan fingerprint density at radius 2 is 1.72 bits per heavy atom. The molecule has 4 aromatic rings. The van der Waals surface area contributed by atoms with Gasteiger partial charge >= 0.3 is 5.69 Å². The summed E-state index contributed by atoms with van der Waals surface area (Å²) in [6.07, 6.45) is 3.62. The summed E-state index contributed by atoms with van der Waals surface area (Å²) in [7, 11) is 3.19. The van der Waals surface area contributed by atoms with Crippen LogP contribution < -0.4 is 11.2 Å². The second kappa shape index (κ2) is 7.87. The van der Waals surface area contributed by atoms with Gasteiger partial charge in [0.25, 0.3) is 5.56 Å². The van der Waals surface area contributed by atoms with Crippen molar-refractivity contribution in [3.63, 3.8) is 0 Å². The molecule has 2 aromatic heterocycles. The molecule has 0 radical (unpaired) electrons. The average Bonchev–Trinajstić information content (AvgIpc) is 2.75. The lowest BCUT2D eigenvalue weighted by Crippen LogP contribution is -2.37. The summed E-state index contributed by atoms with van der Waals surface area (Å²) in [6.45, 7) is 2.11. The van der Waals surface area contributed by atoms with Crippen LogP contribution >= 0.6 is 11.8 Å². The van der Waals surface area contributed by atoms with E-state index in [2.05, 4.69) is 42.2 Å². The molecule has 0 N–H and O–H groups in total. The van der Waals surface area contributed by atoms with Crippen molar-refractivity contribution in [2.24, 2.45) is 14.1 Å². The molecular formula is C23H23N3O2S. The molecule has 29 heavy (non-hydrogen) atoms. The van der Waals surface area contributed by atoms with Crippen LogP contribution in [0.1, 0.15) is 24.5 Å². The summed E-state index contributed by atoms with van der Waals surface area (Å²) in [4.78, 5) is 30.7. The molecular weight excluding hydrogens is 382 g/mol. The van der Waals surface area contributed by atoms with Gasteiger partial charge in [0.05, 0.1) is 5.39 Å². The highest BCUT2D eigenvalue weighted by molar-refractivity contribution is 7.98. The van der Waals surface area contributed by atoms with Crippen molar-refractivity contribution in [1.29, 1.82) is 0 Å². The van der Waals surface area contributed by atoms with Gasteiger partial charge in [-0.3, -0.25) is 13.9 Å². The van der Waals surface area contributed by atoms with Gasteiger partial charge in [-0.2, -0.15) is 0 Å². The monoisotopic (exact) mass is 405 g/mol. The fourth-order valence-electron chi connectivity index (χ4n) is 3.72. The largest absolute Gasteiger partial charge is 0.332 e. The molecule has 0 saturated heterocycles. The Labute approximate surface area is 173 Å². The second-order valence-corrected chi connectivity index (χ2v) is 8.18. The Bertz CT molecular complexity index is 1330. The van der Waals surface area contributed by atoms with Gasteiger partial charge in [-0.1, -0.05) is 55.8 Å². The maximum Gasteiger partial charge on any atom is 0.332 e. The van der Waals surface area contributed by atoms with Crippen molar-refractivity contribution in [3.8, 4) is 0 Å². The Kier molecular flexibility index (Phi) is 5.28. The fraction of sp³-hybridized carbons (Fsp3) is 0.261. The Morgan fingerprint density at radius 3 is 2.52 bits per heavy atom. The molecule has 148 valence electrons. The smallest absolute Gasteiger partial charge is 0.280 e. The normalized spacial score (nSPS) is 11.4. The van der Waals surface area contributed by atoms with Gasteiger partial charge in [-0.15, -0.1) is 11.8 Å². The van der Waals surface area contributed by atoms with Gasteiger partial charge in [0, 0.05) is 30.9 Å². The van der Waals surface area contributed by atoms with Crippen LogP contribution in [0.5, 0.6) is 0 Å². The summed E-state index contributed by atoms with van der Waals surface area (Å²) >= 11 is 1.65. The van der Waals surface area contributed by atoms with E-state index in [4.69, 9.17) is 0 Å². The Hall–Kier alpha value is -2.86. The van der Waals surface area contributed by atoms with Crippen LogP contribution in [-0.2, 0) is 26.3 Å². The van der Waals surface area contributed by atoms with Gasteiger partial charge in [-0.05, 0) is 28.3 Å². The van der Waals surface area contributed by atoms with Crippen molar-refractivity contribution in [2.75, 3.05) is 0 Å². The highest BCUT2D eigenvalue weighted by Gasteiger charge is 2.17. The maximum atomic E-state index is 13.0. The minimum Gasteiger partial charge on any atom is -0.280 e. The van der Waals surface area contributed by atoms with E-state index in [1.165, 1.54) is 32.5 Å². The zero-order valence-corrected chi connectivity index (χ0v) is 17.6. The molecule has 4 rings (SSSR count). The van der Waals surface area contributed by atoms with Gasteiger partial charge < -0.3 is 0 Å². The third kappa shape index (κ3) is 3.38. The number of nitrogens with zero attached hydrogens (tertiary/aromatic N) is 3. The van der Waals surface area contributed by atoms with Crippen molar-refractivity contribution < 1.29 is 0 Å². The molecule has 0 saturated carbocycles. The van der Waals surface area contributed by atoms with Crippen molar-refractivity contribution in [2.45, 2.75) is 30.4 Å². The first kappa shape index (κ1) is 19.5. The molecule has 5 nitrogen and oxygen atoms in total. The molecule has 0 unspecified atom stereocenters. The van der Waals surface area contributed by atoms with Gasteiger partial charge in [0.15, 0.2) is 0 Å². The van der Waals surface area contributed by atoms with Crippen LogP contribution in [0.2, 0.25) is 0 Å². The van der Waals surface area contributed by atoms with Crippen LogP contribution in [0.4, 0.5) is 0 Å². The quantitative estimate of drug-likeness (QED) is 0.471. The number of aryl methyl sites for hydroxylation is 2. The Balaban J connectivity index is 1.88. The first-order chi connectivity index (χ1) is 14.0. The number of pyridine rings is 1. The molecule has 2 heterocycles. The molecule has 0 fully saturated rings. The standard InChI is InChI=1S/C23H23N3O2S/c1-4-8-16-13-24-21-19(22(27)26(3)23(28)25(21)2)20(16)29-14-17-11-7-10-15-9-5-6-12-18(15)17/h5-7,9-13H,4,8,14H2,1-3H3. The lowest BCUT2D eigenvalue weighted by atomic mass is 10.1. The number of hydrogen-bond donors (Lipinski definition) is 0. The molecule has 6 heteroatoms. The van der Waals surface area contributed by atoms with Gasteiger partial charge in [0.1, 0.15) is 5.65 Å². The average molecular weight is 406 g/mol. The lowest BCUT2D eigenvalue weighted by molar-refractivity contribution is 0.704. The summed E-state index contributed by atoms with van der Waals surface area (Å²) in [5.74, 6) is 0.739. The summed E-state index contributed by atoms with van der Waals surface area (Å²) in [5.41, 5.74) is 2.08. The van der Waals surface area contributed by atoms with Crippen LogP contribution in [0.3, 0.4) is 0 Å². The molecule has 0 bridgehead atoms. The zero-order valence-electron chi connectivity index (χ0n) is 16.8. The lowest BCUT2D eigenvalue weighted by Gasteiger charge is -2.14. The van der Waals surface area contributed by atoms with E-state index >= 15 is 0 Å². The molecule has 0 spiro atoms. The van der Waals surface area contributed by atoms with Crippen LogP contribution in [0.25, 0.3) is 21.8 Å². The van der Waals surface area contributed by atoms with E-state index in [-0.39, 0.29) is 11.2 Å². The topological polar surface area (TPSA) is 56.9 Å². The molecule has 0 aliphatic carbocycles. The third-order valence-corrected chi connectivity index (χ3v) is 6.48. The van der Waals surface area contributed by atoms with Gasteiger partial charge in [-0.25, -0.2) is 9.78 Å². The predicted molar refractivity (Wildman–Crippen MR) is 120 cm³/mol. The fourth-order valence-corrected chi connectivity index (χ4v) is 4.94. The number of hydrogen-bond acceptors (Lipinski definition) is 4. The predicted octanol–water partition coefficient (Wildman–Crippen LogP) is 4.03. The second-order valence-electron chi connectivity index (χ2n) is 7.19. The molecule has 0 aliphatic heterocycles. The molecule has 0 aliphatic rings. The number of aromatic nitrogens is 3. The number of rotatable bonds is 5. The zero-order chi connectivity index (χ0) is 20.5. The SMILES string of the molecule is CCCc1cnc2c(c1SCc1cccc3ccccc13)c(=O)n(C)c(=O)n2C. The summed E-state index contributed by atoms with van der Waals surface area (Å²) in [5, 5.41) is 2.96. The van der Waals surface area contributed by atoms with Crippen LogP contribution in [-0.4, -0.2) is 14.1 Å². The first-order valence-electron chi connectivity index (χ1n) is 9.70. The number of fused-ring (bicyclic) bond motifs is 2. The van der Waals surface area contributed by atoms with Crippen molar-refractivity contribution >= 4 is 33.6 Å². The van der Waals surface area contributed by atoms with Crippen LogP contribution in [0.15, 0.2) is 63.1 Å². The van der Waals surface area contributed by atoms with E-state index in [1.807, 2.05) is 18.3 Å². The molecule has 0 atom stereocenters. The summed E-state index contributed by atoms with van der Waals surface area (Å²) in [6, 6.07) is 14.6. The van der Waals surface area contributed by atoms with E-state index in [0.717, 1.165) is 29.1 Å². The summed E-state index contributed by atoms with van der Waals surface area (Å²) < 4.78 is 2.62. The van der Waals surface area contributed by atoms with Gasteiger partial charge in [0.2, 0.25) is 0 Å². The van der Waals surface area contributed by atoms with E-state index < -0.39 is 0 Å². The highest BCUT2D eigenvalue weighted by atomic mass is 32.2. The minimum absolute atomic E-state index is 0.283. The third-order valence-electron chi connectivity index (χ3n) is 5.27. The first-order valence-corrected chi connectivity index (χ1v) is 10.7. The van der Waals surface area contributed by atoms with E-state index in [1.54, 1.807) is 18.8 Å². The highest BCUT2D eigenvalue weighted by Crippen LogP contribution is 2.33. The van der Waals surface area contributed by atoms with Crippen molar-refractivity contribution in [1.82, 2.24) is 14.1 Å². The Morgan fingerprint density at radius 1 is 0.966 bits per heavy atom.